The number of rotatable bonds is 4. The van der Waals surface area contributed by atoms with Crippen LogP contribution in [0.3, 0.4) is 0 Å². The summed E-state index contributed by atoms with van der Waals surface area (Å²) < 4.78 is 7.16. The van der Waals surface area contributed by atoms with E-state index in [9.17, 15) is 0 Å². The molecule has 0 radical (unpaired) electrons. The van der Waals surface area contributed by atoms with E-state index >= 15 is 0 Å². The standard InChI is InChI=1S/C31H38O/c1-27(2)23-32-30(7,29(5,6)28(27,3)4)31(24-17-11-8-12-18-24,25-19-13-9-14-20-25)26-21-15-10-16-22-26/h8-22H,23H2,1-7H3. The van der Waals surface area contributed by atoms with E-state index in [1.165, 1.54) is 16.7 Å². The summed E-state index contributed by atoms with van der Waals surface area (Å²) in [5.41, 5.74) is 2.72. The molecule has 0 bridgehead atoms. The normalized spacial score (nSPS) is 24.1. The molecule has 0 aromatic heterocycles. The largest absolute Gasteiger partial charge is 0.372 e. The second-order valence-corrected chi connectivity index (χ2v) is 11.3. The number of hydrogen-bond donors (Lipinski definition) is 0. The molecule has 0 aliphatic carbocycles. The predicted octanol–water partition coefficient (Wildman–Crippen LogP) is 7.89. The molecule has 1 fully saturated rings. The van der Waals surface area contributed by atoms with Crippen molar-refractivity contribution >= 4 is 0 Å². The third-order valence-corrected chi connectivity index (χ3v) is 9.50. The summed E-state index contributed by atoms with van der Waals surface area (Å²) >= 11 is 0. The highest BCUT2D eigenvalue weighted by Gasteiger charge is 2.69. The van der Waals surface area contributed by atoms with E-state index in [0.717, 1.165) is 0 Å². The topological polar surface area (TPSA) is 9.23 Å². The third-order valence-electron chi connectivity index (χ3n) is 9.50. The first-order valence-corrected chi connectivity index (χ1v) is 11.8. The lowest BCUT2D eigenvalue weighted by atomic mass is 9.41. The van der Waals surface area contributed by atoms with Gasteiger partial charge in [0.1, 0.15) is 0 Å². The van der Waals surface area contributed by atoms with Gasteiger partial charge in [0.25, 0.3) is 0 Å². The Hall–Kier alpha value is -2.38. The van der Waals surface area contributed by atoms with Crippen LogP contribution in [0, 0.1) is 16.2 Å². The summed E-state index contributed by atoms with van der Waals surface area (Å²) in [7, 11) is 0. The number of benzene rings is 3. The highest BCUT2D eigenvalue weighted by molar-refractivity contribution is 5.55. The summed E-state index contributed by atoms with van der Waals surface area (Å²) in [5.74, 6) is 0. The van der Waals surface area contributed by atoms with Crippen LogP contribution in [0.1, 0.15) is 65.2 Å². The first-order chi connectivity index (χ1) is 15.0. The SMILES string of the molecule is CC1(C)COC(C)(C(c2ccccc2)(c2ccccc2)c2ccccc2)C(C)(C)C1(C)C. The third kappa shape index (κ3) is 2.87. The Kier molecular flexibility index (Phi) is 5.41. The summed E-state index contributed by atoms with van der Waals surface area (Å²) in [4.78, 5) is 0. The average Bonchev–Trinajstić information content (AvgIpc) is 2.79. The summed E-state index contributed by atoms with van der Waals surface area (Å²) in [6.07, 6.45) is 0. The van der Waals surface area contributed by atoms with E-state index in [1.807, 2.05) is 0 Å². The van der Waals surface area contributed by atoms with E-state index in [4.69, 9.17) is 4.74 Å². The van der Waals surface area contributed by atoms with E-state index < -0.39 is 11.0 Å². The molecule has 1 aliphatic rings. The Balaban J connectivity index is 2.16. The van der Waals surface area contributed by atoms with Crippen LogP contribution in [0.2, 0.25) is 0 Å². The molecule has 4 rings (SSSR count). The van der Waals surface area contributed by atoms with Crippen molar-refractivity contribution in [2.45, 2.75) is 59.5 Å². The summed E-state index contributed by atoms with van der Waals surface area (Å²) in [6, 6.07) is 32.9. The molecule has 1 atom stereocenters. The van der Waals surface area contributed by atoms with E-state index in [-0.39, 0.29) is 16.2 Å². The Morgan fingerprint density at radius 1 is 0.531 bits per heavy atom. The van der Waals surface area contributed by atoms with Crippen molar-refractivity contribution < 1.29 is 4.74 Å². The molecule has 0 N–H and O–H groups in total. The maximum Gasteiger partial charge on any atom is 0.0887 e. The van der Waals surface area contributed by atoms with Crippen molar-refractivity contribution in [3.05, 3.63) is 108 Å². The van der Waals surface area contributed by atoms with Gasteiger partial charge in [-0.1, -0.05) is 133 Å². The lowest BCUT2D eigenvalue weighted by Crippen LogP contribution is -2.71. The zero-order valence-electron chi connectivity index (χ0n) is 20.8. The van der Waals surface area contributed by atoms with Crippen LogP contribution in [-0.2, 0) is 10.2 Å². The first kappa shape index (κ1) is 22.8. The van der Waals surface area contributed by atoms with Gasteiger partial charge in [-0.05, 0) is 34.4 Å². The molecule has 1 aliphatic heterocycles. The fraction of sp³-hybridized carbons (Fsp3) is 0.419. The van der Waals surface area contributed by atoms with Crippen LogP contribution < -0.4 is 0 Å². The zero-order chi connectivity index (χ0) is 23.3. The van der Waals surface area contributed by atoms with Gasteiger partial charge in [-0.3, -0.25) is 0 Å². The quantitative estimate of drug-likeness (QED) is 0.385. The van der Waals surface area contributed by atoms with Gasteiger partial charge >= 0.3 is 0 Å². The van der Waals surface area contributed by atoms with Crippen LogP contribution in [0.4, 0.5) is 0 Å². The minimum atomic E-state index is -0.511. The van der Waals surface area contributed by atoms with Crippen molar-refractivity contribution in [2.75, 3.05) is 6.61 Å². The lowest BCUT2D eigenvalue weighted by molar-refractivity contribution is -0.274. The molecule has 0 saturated carbocycles. The molecule has 0 spiro atoms. The molecule has 1 heteroatoms. The van der Waals surface area contributed by atoms with Crippen molar-refractivity contribution in [1.29, 1.82) is 0 Å². The van der Waals surface area contributed by atoms with Gasteiger partial charge in [0.05, 0.1) is 17.6 Å². The minimum Gasteiger partial charge on any atom is -0.372 e. The Morgan fingerprint density at radius 2 is 0.875 bits per heavy atom. The highest BCUT2D eigenvalue weighted by Crippen LogP contribution is 2.67. The molecular formula is C31H38O. The minimum absolute atomic E-state index is 0.0244. The average molecular weight is 427 g/mol. The van der Waals surface area contributed by atoms with Crippen molar-refractivity contribution in [3.63, 3.8) is 0 Å². The molecule has 32 heavy (non-hydrogen) atoms. The Morgan fingerprint density at radius 3 is 1.22 bits per heavy atom. The van der Waals surface area contributed by atoms with Crippen molar-refractivity contribution in [1.82, 2.24) is 0 Å². The van der Waals surface area contributed by atoms with Crippen LogP contribution >= 0.6 is 0 Å². The number of ether oxygens (including phenoxy) is 1. The van der Waals surface area contributed by atoms with Gasteiger partial charge in [0, 0.05) is 5.41 Å². The van der Waals surface area contributed by atoms with Crippen LogP contribution in [-0.4, -0.2) is 12.2 Å². The summed E-state index contributed by atoms with van der Waals surface area (Å²) in [6.45, 7) is 17.5. The maximum absolute atomic E-state index is 7.16. The molecule has 1 nitrogen and oxygen atoms in total. The van der Waals surface area contributed by atoms with E-state index in [1.54, 1.807) is 0 Å². The molecule has 1 saturated heterocycles. The van der Waals surface area contributed by atoms with Crippen LogP contribution in [0.15, 0.2) is 91.0 Å². The first-order valence-electron chi connectivity index (χ1n) is 11.8. The highest BCUT2D eigenvalue weighted by atomic mass is 16.5. The van der Waals surface area contributed by atoms with E-state index in [0.29, 0.717) is 6.61 Å². The van der Waals surface area contributed by atoms with Gasteiger partial charge in [0.2, 0.25) is 0 Å². The molecule has 168 valence electrons. The van der Waals surface area contributed by atoms with Gasteiger partial charge in [-0.2, -0.15) is 0 Å². The molecule has 0 amide bonds. The second-order valence-electron chi connectivity index (χ2n) is 11.3. The van der Waals surface area contributed by atoms with Crippen molar-refractivity contribution in [3.8, 4) is 0 Å². The Bertz CT molecular complexity index is 951. The zero-order valence-corrected chi connectivity index (χ0v) is 20.8. The van der Waals surface area contributed by atoms with Crippen molar-refractivity contribution in [2.24, 2.45) is 16.2 Å². The van der Waals surface area contributed by atoms with Gasteiger partial charge < -0.3 is 4.74 Å². The maximum atomic E-state index is 7.16. The van der Waals surface area contributed by atoms with Crippen LogP contribution in [0.5, 0.6) is 0 Å². The van der Waals surface area contributed by atoms with Gasteiger partial charge in [-0.25, -0.2) is 0 Å². The molecule has 3 aromatic carbocycles. The smallest absolute Gasteiger partial charge is 0.0887 e. The molecule has 1 unspecified atom stereocenters. The van der Waals surface area contributed by atoms with Gasteiger partial charge in [-0.15, -0.1) is 0 Å². The Labute approximate surface area is 194 Å². The molecule has 1 heterocycles. The lowest BCUT2D eigenvalue weighted by Gasteiger charge is -2.68. The molecular weight excluding hydrogens is 388 g/mol. The summed E-state index contributed by atoms with van der Waals surface area (Å²) in [5, 5.41) is 0. The predicted molar refractivity (Wildman–Crippen MR) is 135 cm³/mol. The fourth-order valence-electron chi connectivity index (χ4n) is 6.10. The second kappa shape index (κ2) is 7.59. The monoisotopic (exact) mass is 426 g/mol. The van der Waals surface area contributed by atoms with Crippen LogP contribution in [0.25, 0.3) is 0 Å². The van der Waals surface area contributed by atoms with E-state index in [2.05, 4.69) is 139 Å². The van der Waals surface area contributed by atoms with Gasteiger partial charge in [0.15, 0.2) is 0 Å². The fourth-order valence-corrected chi connectivity index (χ4v) is 6.10. The number of hydrogen-bond acceptors (Lipinski definition) is 1. The molecule has 3 aromatic rings.